The lowest BCUT2D eigenvalue weighted by molar-refractivity contribution is -0.274. The van der Waals surface area contributed by atoms with Crippen molar-refractivity contribution in [2.24, 2.45) is 0 Å². The Kier molecular flexibility index (Phi) is 6.95. The molecule has 0 amide bonds. The predicted molar refractivity (Wildman–Crippen MR) is 86.5 cm³/mol. The van der Waals surface area contributed by atoms with Gasteiger partial charge in [0.15, 0.2) is 6.61 Å². The van der Waals surface area contributed by atoms with Crippen molar-refractivity contribution in [3.05, 3.63) is 59.7 Å². The fraction of sp³-hybridized carbons (Fsp3) is 0.333. The van der Waals surface area contributed by atoms with Crippen molar-refractivity contribution < 1.29 is 35.8 Å². The average Bonchev–Trinajstić information content (AvgIpc) is 2.56. The van der Waals surface area contributed by atoms with Gasteiger partial charge in [0, 0.05) is 6.54 Å². The summed E-state index contributed by atoms with van der Waals surface area (Å²) in [5, 5.41) is 3.08. The number of alkyl halides is 6. The van der Waals surface area contributed by atoms with Crippen molar-refractivity contribution in [2.75, 3.05) is 13.2 Å². The third-order valence-corrected chi connectivity index (χ3v) is 3.35. The van der Waals surface area contributed by atoms with Crippen LogP contribution in [0, 0.1) is 0 Å². The summed E-state index contributed by atoms with van der Waals surface area (Å²) < 4.78 is 81.7. The second-order valence-electron chi connectivity index (χ2n) is 5.67. The molecule has 0 aliphatic carbocycles. The molecular weight excluding hydrogens is 376 g/mol. The number of rotatable bonds is 8. The molecule has 27 heavy (non-hydrogen) atoms. The van der Waals surface area contributed by atoms with Gasteiger partial charge in [0.2, 0.25) is 0 Å². The Morgan fingerprint density at radius 3 is 2.11 bits per heavy atom. The fourth-order valence-corrected chi connectivity index (χ4v) is 2.27. The highest BCUT2D eigenvalue weighted by atomic mass is 19.4. The molecule has 1 N–H and O–H groups in total. The molecule has 0 spiro atoms. The lowest BCUT2D eigenvalue weighted by Gasteiger charge is -2.11. The van der Waals surface area contributed by atoms with Crippen LogP contribution in [0.15, 0.2) is 48.5 Å². The SMILES string of the molecule is FC(F)(F)COc1cccc(CNCCc2cccc(OC(F)(F)F)c2)c1. The molecule has 2 aromatic carbocycles. The molecule has 2 rings (SSSR count). The maximum absolute atomic E-state index is 12.2. The van der Waals surface area contributed by atoms with Crippen molar-refractivity contribution in [3.63, 3.8) is 0 Å². The molecular formula is C18H17F6NO2. The number of benzene rings is 2. The van der Waals surface area contributed by atoms with Gasteiger partial charge in [0.25, 0.3) is 0 Å². The van der Waals surface area contributed by atoms with E-state index in [2.05, 4.69) is 14.8 Å². The zero-order chi connectivity index (χ0) is 19.9. The summed E-state index contributed by atoms with van der Waals surface area (Å²) in [6, 6.07) is 11.9. The summed E-state index contributed by atoms with van der Waals surface area (Å²) in [6.45, 7) is -0.523. The van der Waals surface area contributed by atoms with E-state index < -0.39 is 19.1 Å². The molecule has 0 aliphatic heterocycles. The topological polar surface area (TPSA) is 30.5 Å². The standard InChI is InChI=1S/C18H17F6NO2/c19-17(20,21)12-26-15-5-2-4-14(10-15)11-25-8-7-13-3-1-6-16(9-13)27-18(22,23)24/h1-6,9-10,25H,7-8,11-12H2. The Balaban J connectivity index is 1.79. The van der Waals surface area contributed by atoms with E-state index in [1.54, 1.807) is 18.2 Å². The summed E-state index contributed by atoms with van der Waals surface area (Å²) >= 11 is 0. The van der Waals surface area contributed by atoms with E-state index in [0.29, 0.717) is 25.1 Å². The highest BCUT2D eigenvalue weighted by Gasteiger charge is 2.31. The number of halogens is 6. The molecule has 3 nitrogen and oxygen atoms in total. The Morgan fingerprint density at radius 2 is 1.44 bits per heavy atom. The first kappa shape index (κ1) is 20.9. The van der Waals surface area contributed by atoms with Gasteiger partial charge in [-0.3, -0.25) is 0 Å². The van der Waals surface area contributed by atoms with Crippen molar-refractivity contribution in [1.82, 2.24) is 5.32 Å². The third-order valence-electron chi connectivity index (χ3n) is 3.35. The number of hydrogen-bond acceptors (Lipinski definition) is 3. The van der Waals surface area contributed by atoms with Gasteiger partial charge in [-0.1, -0.05) is 24.3 Å². The molecule has 0 heterocycles. The van der Waals surface area contributed by atoms with E-state index in [0.717, 1.165) is 5.56 Å². The van der Waals surface area contributed by atoms with Gasteiger partial charge in [-0.05, 0) is 48.4 Å². The summed E-state index contributed by atoms with van der Waals surface area (Å²) in [5.74, 6) is -0.168. The van der Waals surface area contributed by atoms with Crippen LogP contribution in [0.4, 0.5) is 26.3 Å². The summed E-state index contributed by atoms with van der Waals surface area (Å²) in [5.41, 5.74) is 1.38. The molecule has 0 aliphatic rings. The highest BCUT2D eigenvalue weighted by Crippen LogP contribution is 2.23. The van der Waals surface area contributed by atoms with Gasteiger partial charge in [0.1, 0.15) is 11.5 Å². The second kappa shape index (κ2) is 8.98. The van der Waals surface area contributed by atoms with Gasteiger partial charge < -0.3 is 14.8 Å². The molecule has 0 aromatic heterocycles. The van der Waals surface area contributed by atoms with E-state index >= 15 is 0 Å². The Labute approximate surface area is 151 Å². The van der Waals surface area contributed by atoms with Gasteiger partial charge in [-0.15, -0.1) is 13.2 Å². The lowest BCUT2D eigenvalue weighted by atomic mass is 10.1. The normalized spacial score (nSPS) is 12.1. The van der Waals surface area contributed by atoms with Gasteiger partial charge >= 0.3 is 12.5 Å². The first-order chi connectivity index (χ1) is 12.6. The molecule has 9 heteroatoms. The largest absolute Gasteiger partial charge is 0.573 e. The van der Waals surface area contributed by atoms with Crippen LogP contribution in [-0.4, -0.2) is 25.7 Å². The first-order valence-electron chi connectivity index (χ1n) is 7.95. The van der Waals surface area contributed by atoms with Crippen molar-refractivity contribution in [3.8, 4) is 11.5 Å². The minimum Gasteiger partial charge on any atom is -0.484 e. The Hall–Kier alpha value is -2.42. The molecule has 0 atom stereocenters. The number of nitrogens with one attached hydrogen (secondary N) is 1. The monoisotopic (exact) mass is 393 g/mol. The highest BCUT2D eigenvalue weighted by molar-refractivity contribution is 5.29. The summed E-state index contributed by atoms with van der Waals surface area (Å²) in [4.78, 5) is 0. The quantitative estimate of drug-likeness (QED) is 0.513. The average molecular weight is 393 g/mol. The second-order valence-corrected chi connectivity index (χ2v) is 5.67. The van der Waals surface area contributed by atoms with Crippen LogP contribution in [0.3, 0.4) is 0 Å². The molecule has 0 saturated heterocycles. The van der Waals surface area contributed by atoms with Crippen LogP contribution < -0.4 is 14.8 Å². The molecule has 0 bridgehead atoms. The van der Waals surface area contributed by atoms with Crippen LogP contribution in [0.2, 0.25) is 0 Å². The van der Waals surface area contributed by atoms with E-state index in [4.69, 9.17) is 0 Å². The molecule has 0 unspecified atom stereocenters. The molecule has 0 saturated carbocycles. The summed E-state index contributed by atoms with van der Waals surface area (Å²) in [6.07, 6.45) is -8.69. The lowest BCUT2D eigenvalue weighted by Crippen LogP contribution is -2.19. The van der Waals surface area contributed by atoms with Crippen LogP contribution in [0.5, 0.6) is 11.5 Å². The Morgan fingerprint density at radius 1 is 0.815 bits per heavy atom. The van der Waals surface area contributed by atoms with Crippen LogP contribution in [0.25, 0.3) is 0 Å². The van der Waals surface area contributed by atoms with Crippen molar-refractivity contribution >= 4 is 0 Å². The molecule has 148 valence electrons. The number of hydrogen-bond donors (Lipinski definition) is 1. The molecule has 0 radical (unpaired) electrons. The van der Waals surface area contributed by atoms with E-state index in [1.807, 2.05) is 0 Å². The smallest absolute Gasteiger partial charge is 0.484 e. The number of ether oxygens (including phenoxy) is 2. The van der Waals surface area contributed by atoms with E-state index in [-0.39, 0.29) is 11.5 Å². The zero-order valence-electron chi connectivity index (χ0n) is 14.0. The summed E-state index contributed by atoms with van der Waals surface area (Å²) in [7, 11) is 0. The first-order valence-corrected chi connectivity index (χ1v) is 7.95. The molecule has 0 fully saturated rings. The minimum absolute atomic E-state index is 0.114. The van der Waals surface area contributed by atoms with Gasteiger partial charge in [0.05, 0.1) is 0 Å². The fourth-order valence-electron chi connectivity index (χ4n) is 2.27. The van der Waals surface area contributed by atoms with E-state index in [9.17, 15) is 26.3 Å². The van der Waals surface area contributed by atoms with E-state index in [1.165, 1.54) is 30.3 Å². The third kappa shape index (κ3) is 8.67. The minimum atomic E-state index is -4.74. The predicted octanol–water partition coefficient (Wildman–Crippen LogP) is 4.86. The maximum atomic E-state index is 12.2. The molecule has 2 aromatic rings. The van der Waals surface area contributed by atoms with Crippen molar-refractivity contribution in [1.29, 1.82) is 0 Å². The van der Waals surface area contributed by atoms with Gasteiger partial charge in [-0.2, -0.15) is 13.2 Å². The van der Waals surface area contributed by atoms with Crippen LogP contribution >= 0.6 is 0 Å². The zero-order valence-corrected chi connectivity index (χ0v) is 14.0. The van der Waals surface area contributed by atoms with Gasteiger partial charge in [-0.25, -0.2) is 0 Å². The maximum Gasteiger partial charge on any atom is 0.573 e. The van der Waals surface area contributed by atoms with Crippen LogP contribution in [-0.2, 0) is 13.0 Å². The van der Waals surface area contributed by atoms with Crippen molar-refractivity contribution in [2.45, 2.75) is 25.5 Å². The Bertz CT molecular complexity index is 730. The van der Waals surface area contributed by atoms with Crippen LogP contribution in [0.1, 0.15) is 11.1 Å².